The van der Waals surface area contributed by atoms with E-state index in [-0.39, 0.29) is 11.3 Å². The van der Waals surface area contributed by atoms with Gasteiger partial charge in [-0.15, -0.1) is 0 Å². The van der Waals surface area contributed by atoms with Gasteiger partial charge >= 0.3 is 0 Å². The van der Waals surface area contributed by atoms with Crippen molar-refractivity contribution in [3.05, 3.63) is 58.4 Å². The van der Waals surface area contributed by atoms with Crippen LogP contribution in [-0.2, 0) is 6.42 Å². The minimum Gasteiger partial charge on any atom is -0.454 e. The zero-order chi connectivity index (χ0) is 13.8. The largest absolute Gasteiger partial charge is 0.454 e. The van der Waals surface area contributed by atoms with Crippen molar-refractivity contribution in [3.63, 3.8) is 0 Å². The summed E-state index contributed by atoms with van der Waals surface area (Å²) in [6.07, 6.45) is 0.770. The van der Waals surface area contributed by atoms with Crippen molar-refractivity contribution in [2.75, 3.05) is 0 Å². The molecular formula is C15H11ClFNO. The highest BCUT2D eigenvalue weighted by atomic mass is 35.5. The Hall–Kier alpha value is -2.05. The van der Waals surface area contributed by atoms with Crippen LogP contribution in [0.15, 0.2) is 36.4 Å². The molecule has 2 aromatic carbocycles. The maximum Gasteiger partial charge on any atom is 0.167 e. The van der Waals surface area contributed by atoms with E-state index in [0.29, 0.717) is 10.8 Å². The van der Waals surface area contributed by atoms with E-state index in [4.69, 9.17) is 21.6 Å². The lowest BCUT2D eigenvalue weighted by molar-refractivity contribution is 0.441. The Kier molecular flexibility index (Phi) is 4.03. The number of nitriles is 1. The van der Waals surface area contributed by atoms with Gasteiger partial charge in [-0.1, -0.05) is 18.5 Å². The molecule has 2 rings (SSSR count). The third-order valence-electron chi connectivity index (χ3n) is 2.69. The first-order valence-electron chi connectivity index (χ1n) is 5.80. The monoisotopic (exact) mass is 275 g/mol. The summed E-state index contributed by atoms with van der Waals surface area (Å²) >= 11 is 6.00. The number of nitrogens with zero attached hydrogens (tertiary/aromatic N) is 1. The van der Waals surface area contributed by atoms with Crippen molar-refractivity contribution in [1.29, 1.82) is 5.26 Å². The van der Waals surface area contributed by atoms with Crippen LogP contribution in [0.1, 0.15) is 18.1 Å². The summed E-state index contributed by atoms with van der Waals surface area (Å²) in [4.78, 5) is 0. The van der Waals surface area contributed by atoms with Gasteiger partial charge in [0.2, 0.25) is 0 Å². The van der Waals surface area contributed by atoms with Crippen LogP contribution in [0.5, 0.6) is 11.5 Å². The van der Waals surface area contributed by atoms with Crippen LogP contribution in [0.2, 0.25) is 5.02 Å². The van der Waals surface area contributed by atoms with E-state index in [1.807, 2.05) is 13.0 Å². The van der Waals surface area contributed by atoms with E-state index in [1.54, 1.807) is 18.2 Å². The summed E-state index contributed by atoms with van der Waals surface area (Å²) in [5.41, 5.74) is 1.20. The predicted octanol–water partition coefficient (Wildman–Crippen LogP) is 4.71. The molecule has 0 heterocycles. The summed E-state index contributed by atoms with van der Waals surface area (Å²) in [5.74, 6) is 0.0419. The lowest BCUT2D eigenvalue weighted by Crippen LogP contribution is -1.91. The molecule has 0 saturated carbocycles. The van der Waals surface area contributed by atoms with E-state index in [1.165, 1.54) is 12.1 Å². The van der Waals surface area contributed by atoms with Crippen LogP contribution in [0, 0.1) is 17.1 Å². The third kappa shape index (κ3) is 3.04. The Balaban J connectivity index is 2.29. The van der Waals surface area contributed by atoms with Gasteiger partial charge in [-0.2, -0.15) is 5.26 Å². The van der Waals surface area contributed by atoms with Gasteiger partial charge in [0.1, 0.15) is 5.75 Å². The molecule has 96 valence electrons. The Morgan fingerprint density at radius 3 is 2.68 bits per heavy atom. The van der Waals surface area contributed by atoms with E-state index in [0.717, 1.165) is 18.1 Å². The second kappa shape index (κ2) is 5.73. The zero-order valence-corrected chi connectivity index (χ0v) is 11.0. The maximum atomic E-state index is 13.7. The summed E-state index contributed by atoms with van der Waals surface area (Å²) in [6, 6.07) is 11.1. The van der Waals surface area contributed by atoms with Crippen LogP contribution in [0.4, 0.5) is 4.39 Å². The minimum absolute atomic E-state index is 0.0865. The molecule has 0 radical (unpaired) electrons. The number of aryl methyl sites for hydroxylation is 1. The number of rotatable bonds is 3. The molecule has 0 N–H and O–H groups in total. The number of hydrogen-bond donors (Lipinski definition) is 0. The maximum absolute atomic E-state index is 13.7. The molecule has 4 heteroatoms. The molecular weight excluding hydrogens is 265 g/mol. The second-order valence-electron chi connectivity index (χ2n) is 3.97. The molecule has 0 aliphatic rings. The van der Waals surface area contributed by atoms with Gasteiger partial charge in [0.25, 0.3) is 0 Å². The lowest BCUT2D eigenvalue weighted by atomic mass is 10.1. The van der Waals surface area contributed by atoms with Crippen LogP contribution >= 0.6 is 11.6 Å². The van der Waals surface area contributed by atoms with E-state index in [9.17, 15) is 4.39 Å². The number of halogens is 2. The van der Waals surface area contributed by atoms with E-state index >= 15 is 0 Å². The van der Waals surface area contributed by atoms with Gasteiger partial charge in [-0.3, -0.25) is 0 Å². The fourth-order valence-electron chi connectivity index (χ4n) is 1.67. The van der Waals surface area contributed by atoms with Crippen LogP contribution in [0.25, 0.3) is 0 Å². The second-order valence-corrected chi connectivity index (χ2v) is 4.37. The molecule has 0 aliphatic heterocycles. The molecule has 0 saturated heterocycles. The Labute approximate surface area is 116 Å². The molecule has 0 aliphatic carbocycles. The molecule has 0 amide bonds. The molecule has 0 bridgehead atoms. The van der Waals surface area contributed by atoms with Crippen molar-refractivity contribution >= 4 is 11.6 Å². The molecule has 0 fully saturated rings. The molecule has 0 aromatic heterocycles. The van der Waals surface area contributed by atoms with Gasteiger partial charge in [-0.05, 0) is 48.4 Å². The van der Waals surface area contributed by atoms with Crippen molar-refractivity contribution in [3.8, 4) is 17.6 Å². The van der Waals surface area contributed by atoms with E-state index < -0.39 is 5.82 Å². The molecule has 0 unspecified atom stereocenters. The highest BCUT2D eigenvalue weighted by Crippen LogP contribution is 2.28. The molecule has 2 nitrogen and oxygen atoms in total. The van der Waals surface area contributed by atoms with Gasteiger partial charge in [0.15, 0.2) is 11.6 Å². The van der Waals surface area contributed by atoms with Crippen molar-refractivity contribution in [2.24, 2.45) is 0 Å². The van der Waals surface area contributed by atoms with Gasteiger partial charge in [0.05, 0.1) is 11.6 Å². The highest BCUT2D eigenvalue weighted by molar-refractivity contribution is 6.31. The van der Waals surface area contributed by atoms with Crippen molar-refractivity contribution in [1.82, 2.24) is 0 Å². The summed E-state index contributed by atoms with van der Waals surface area (Å²) in [5, 5.41) is 9.33. The first-order chi connectivity index (χ1) is 9.13. The Morgan fingerprint density at radius 2 is 2.05 bits per heavy atom. The van der Waals surface area contributed by atoms with E-state index in [2.05, 4.69) is 0 Å². The summed E-state index contributed by atoms with van der Waals surface area (Å²) in [6.45, 7) is 1.98. The number of benzene rings is 2. The normalized spacial score (nSPS) is 10.0. The predicted molar refractivity (Wildman–Crippen MR) is 72.0 cm³/mol. The van der Waals surface area contributed by atoms with Crippen molar-refractivity contribution < 1.29 is 9.13 Å². The highest BCUT2D eigenvalue weighted by Gasteiger charge is 2.07. The SMILES string of the molecule is CCc1cc(Oc2ccc(C#N)cc2F)ccc1Cl. The smallest absolute Gasteiger partial charge is 0.167 e. The standard InChI is InChI=1S/C15H11ClFNO/c1-2-11-8-12(4-5-13(11)16)19-15-6-3-10(9-18)7-14(15)17/h3-8H,2H2,1H3. The van der Waals surface area contributed by atoms with Gasteiger partial charge in [0, 0.05) is 5.02 Å². The first kappa shape index (κ1) is 13.4. The fraction of sp³-hybridized carbons (Fsp3) is 0.133. The van der Waals surface area contributed by atoms with Gasteiger partial charge < -0.3 is 4.74 Å². The first-order valence-corrected chi connectivity index (χ1v) is 6.17. The number of ether oxygens (including phenoxy) is 1. The molecule has 2 aromatic rings. The Bertz CT molecular complexity index is 649. The fourth-order valence-corrected chi connectivity index (χ4v) is 1.92. The van der Waals surface area contributed by atoms with Gasteiger partial charge in [-0.25, -0.2) is 4.39 Å². The topological polar surface area (TPSA) is 33.0 Å². The van der Waals surface area contributed by atoms with Crippen molar-refractivity contribution in [2.45, 2.75) is 13.3 Å². The molecule has 0 spiro atoms. The lowest BCUT2D eigenvalue weighted by Gasteiger charge is -2.09. The zero-order valence-electron chi connectivity index (χ0n) is 10.3. The summed E-state index contributed by atoms with van der Waals surface area (Å²) < 4.78 is 19.1. The number of hydrogen-bond acceptors (Lipinski definition) is 2. The summed E-state index contributed by atoms with van der Waals surface area (Å²) in [7, 11) is 0. The average molecular weight is 276 g/mol. The third-order valence-corrected chi connectivity index (χ3v) is 3.06. The quantitative estimate of drug-likeness (QED) is 0.813. The Morgan fingerprint density at radius 1 is 1.26 bits per heavy atom. The van der Waals surface area contributed by atoms with Crippen LogP contribution in [-0.4, -0.2) is 0 Å². The van der Waals surface area contributed by atoms with Crippen LogP contribution < -0.4 is 4.74 Å². The molecule has 19 heavy (non-hydrogen) atoms. The van der Waals surface area contributed by atoms with Crippen LogP contribution in [0.3, 0.4) is 0 Å². The average Bonchev–Trinajstić information content (AvgIpc) is 2.43. The minimum atomic E-state index is -0.563. The molecule has 0 atom stereocenters.